The molecule has 0 atom stereocenters. The zero-order valence-corrected chi connectivity index (χ0v) is 10.4. The molecule has 5 heteroatoms. The number of aromatic nitrogens is 2. The molecule has 1 rings (SSSR count). The second-order valence-corrected chi connectivity index (χ2v) is 4.79. The van der Waals surface area contributed by atoms with Crippen LogP contribution >= 0.6 is 0 Å². The van der Waals surface area contributed by atoms with Crippen LogP contribution in [0.15, 0.2) is 12.5 Å². The van der Waals surface area contributed by atoms with Crippen molar-refractivity contribution >= 4 is 5.91 Å². The Kier molecular flexibility index (Phi) is 4.06. The Balaban J connectivity index is 2.60. The molecule has 90 valence electrons. The smallest absolute Gasteiger partial charge is 0.239 e. The molecule has 16 heavy (non-hydrogen) atoms. The van der Waals surface area contributed by atoms with Gasteiger partial charge in [0.1, 0.15) is 6.54 Å². The summed E-state index contributed by atoms with van der Waals surface area (Å²) in [5.74, 6) is -0.0185. The molecule has 0 saturated carbocycles. The topological polar surface area (TPSA) is 59.0 Å². The van der Waals surface area contributed by atoms with Gasteiger partial charge in [0.15, 0.2) is 0 Å². The molecule has 0 bridgehead atoms. The quantitative estimate of drug-likeness (QED) is 0.783. The summed E-state index contributed by atoms with van der Waals surface area (Å²) in [7, 11) is 1.63. The molecule has 0 unspecified atom stereocenters. The minimum absolute atomic E-state index is 0.0185. The number of imidazole rings is 1. The Labute approximate surface area is 96.3 Å². The Bertz CT molecular complexity index is 351. The van der Waals surface area contributed by atoms with Crippen LogP contribution in [0.5, 0.6) is 0 Å². The van der Waals surface area contributed by atoms with Crippen molar-refractivity contribution in [1.29, 1.82) is 0 Å². The number of carbonyl (C=O) groups excluding carboxylic acids is 1. The van der Waals surface area contributed by atoms with Gasteiger partial charge < -0.3 is 15.2 Å². The van der Waals surface area contributed by atoms with Gasteiger partial charge in [0.05, 0.1) is 12.0 Å². The summed E-state index contributed by atoms with van der Waals surface area (Å²) in [5.41, 5.74) is 1.07. The lowest BCUT2D eigenvalue weighted by Gasteiger charge is -2.20. The molecule has 0 aliphatic heterocycles. The van der Waals surface area contributed by atoms with Crippen LogP contribution in [-0.4, -0.2) is 28.0 Å². The van der Waals surface area contributed by atoms with Gasteiger partial charge >= 0.3 is 0 Å². The summed E-state index contributed by atoms with van der Waals surface area (Å²) in [6.07, 6.45) is 3.45. The molecule has 0 aliphatic carbocycles. The first-order valence-corrected chi connectivity index (χ1v) is 5.37. The number of rotatable bonds is 4. The third-order valence-electron chi connectivity index (χ3n) is 2.19. The van der Waals surface area contributed by atoms with Gasteiger partial charge in [0.25, 0.3) is 0 Å². The highest BCUT2D eigenvalue weighted by molar-refractivity contribution is 5.75. The number of nitrogens with one attached hydrogen (secondary N) is 2. The predicted octanol–water partition coefficient (Wildman–Crippen LogP) is 0.517. The molecule has 0 radical (unpaired) electrons. The molecule has 0 spiro atoms. The van der Waals surface area contributed by atoms with Gasteiger partial charge in [-0.1, -0.05) is 0 Å². The Morgan fingerprint density at radius 1 is 1.50 bits per heavy atom. The molecule has 2 N–H and O–H groups in total. The highest BCUT2D eigenvalue weighted by Gasteiger charge is 2.11. The minimum Gasteiger partial charge on any atom is -0.358 e. The number of amides is 1. The number of carbonyl (C=O) groups is 1. The van der Waals surface area contributed by atoms with Crippen LogP contribution in [-0.2, 0) is 17.9 Å². The molecule has 0 saturated heterocycles. The number of hydrogen-bond donors (Lipinski definition) is 2. The third kappa shape index (κ3) is 4.02. The molecular weight excluding hydrogens is 204 g/mol. The fourth-order valence-corrected chi connectivity index (χ4v) is 1.23. The monoisotopic (exact) mass is 224 g/mol. The Morgan fingerprint density at radius 2 is 2.19 bits per heavy atom. The van der Waals surface area contributed by atoms with E-state index in [0.717, 1.165) is 5.69 Å². The third-order valence-corrected chi connectivity index (χ3v) is 2.19. The fourth-order valence-electron chi connectivity index (χ4n) is 1.23. The average molecular weight is 224 g/mol. The van der Waals surface area contributed by atoms with Crippen LogP contribution in [0.25, 0.3) is 0 Å². The van der Waals surface area contributed by atoms with E-state index >= 15 is 0 Å². The summed E-state index contributed by atoms with van der Waals surface area (Å²) in [6.45, 7) is 7.34. The second kappa shape index (κ2) is 5.12. The van der Waals surface area contributed by atoms with E-state index in [9.17, 15) is 4.79 Å². The van der Waals surface area contributed by atoms with Crippen LogP contribution in [0.1, 0.15) is 26.5 Å². The van der Waals surface area contributed by atoms with Crippen molar-refractivity contribution in [3.8, 4) is 0 Å². The highest BCUT2D eigenvalue weighted by Crippen LogP contribution is 2.04. The number of hydrogen-bond acceptors (Lipinski definition) is 3. The van der Waals surface area contributed by atoms with E-state index < -0.39 is 0 Å². The highest BCUT2D eigenvalue weighted by atomic mass is 16.1. The number of likely N-dealkylation sites (N-methyl/N-ethyl adjacent to an activating group) is 1. The summed E-state index contributed by atoms with van der Waals surface area (Å²) in [6, 6.07) is 0. The maximum absolute atomic E-state index is 11.3. The molecule has 1 aromatic heterocycles. The SMILES string of the molecule is CNC(=O)Cn1cncc1CNC(C)(C)C. The van der Waals surface area contributed by atoms with Crippen molar-refractivity contribution in [2.75, 3.05) is 7.05 Å². The van der Waals surface area contributed by atoms with E-state index in [1.165, 1.54) is 0 Å². The molecular formula is C11H20N4O. The molecule has 5 nitrogen and oxygen atoms in total. The molecule has 0 aliphatic rings. The van der Waals surface area contributed by atoms with E-state index in [1.54, 1.807) is 19.6 Å². The Hall–Kier alpha value is -1.36. The largest absolute Gasteiger partial charge is 0.358 e. The van der Waals surface area contributed by atoms with Crippen LogP contribution < -0.4 is 10.6 Å². The van der Waals surface area contributed by atoms with Crippen molar-refractivity contribution in [1.82, 2.24) is 20.2 Å². The van der Waals surface area contributed by atoms with Gasteiger partial charge in [0.2, 0.25) is 5.91 Å². The average Bonchev–Trinajstić information content (AvgIpc) is 2.61. The van der Waals surface area contributed by atoms with Crippen LogP contribution in [0, 0.1) is 0 Å². The van der Waals surface area contributed by atoms with Gasteiger partial charge in [-0.2, -0.15) is 0 Å². The van der Waals surface area contributed by atoms with E-state index in [-0.39, 0.29) is 11.4 Å². The summed E-state index contributed by atoms with van der Waals surface area (Å²) < 4.78 is 1.84. The first-order chi connectivity index (χ1) is 7.42. The molecule has 0 fully saturated rings. The van der Waals surface area contributed by atoms with Crippen LogP contribution in [0.4, 0.5) is 0 Å². The molecule has 1 amide bonds. The van der Waals surface area contributed by atoms with Gasteiger partial charge in [-0.3, -0.25) is 4.79 Å². The normalized spacial score (nSPS) is 11.5. The zero-order chi connectivity index (χ0) is 12.2. The number of nitrogens with zero attached hydrogens (tertiary/aromatic N) is 2. The lowest BCUT2D eigenvalue weighted by molar-refractivity contribution is -0.121. The van der Waals surface area contributed by atoms with Crippen LogP contribution in [0.2, 0.25) is 0 Å². The maximum Gasteiger partial charge on any atom is 0.239 e. The zero-order valence-electron chi connectivity index (χ0n) is 10.4. The van der Waals surface area contributed by atoms with Gasteiger partial charge in [0, 0.05) is 25.3 Å². The second-order valence-electron chi connectivity index (χ2n) is 4.79. The van der Waals surface area contributed by atoms with Gasteiger partial charge in [-0.15, -0.1) is 0 Å². The molecule has 1 heterocycles. The van der Waals surface area contributed by atoms with Gasteiger partial charge in [-0.05, 0) is 20.8 Å². The maximum atomic E-state index is 11.3. The first kappa shape index (κ1) is 12.7. The van der Waals surface area contributed by atoms with E-state index in [1.807, 2.05) is 4.57 Å². The van der Waals surface area contributed by atoms with E-state index in [4.69, 9.17) is 0 Å². The predicted molar refractivity (Wildman–Crippen MR) is 62.9 cm³/mol. The molecule has 0 aromatic carbocycles. The summed E-state index contributed by atoms with van der Waals surface area (Å²) in [4.78, 5) is 15.3. The van der Waals surface area contributed by atoms with E-state index in [2.05, 4.69) is 36.4 Å². The fraction of sp³-hybridized carbons (Fsp3) is 0.636. The van der Waals surface area contributed by atoms with Crippen molar-refractivity contribution in [2.45, 2.75) is 39.4 Å². The standard InChI is InChI=1S/C11H20N4O/c1-11(2,3)14-6-9-5-13-8-15(9)7-10(16)12-4/h5,8,14H,6-7H2,1-4H3,(H,12,16). The summed E-state index contributed by atoms with van der Waals surface area (Å²) in [5, 5.41) is 5.96. The summed E-state index contributed by atoms with van der Waals surface area (Å²) >= 11 is 0. The molecule has 1 aromatic rings. The first-order valence-electron chi connectivity index (χ1n) is 5.37. The Morgan fingerprint density at radius 3 is 2.75 bits per heavy atom. The lowest BCUT2D eigenvalue weighted by atomic mass is 10.1. The van der Waals surface area contributed by atoms with Crippen molar-refractivity contribution < 1.29 is 4.79 Å². The van der Waals surface area contributed by atoms with Gasteiger partial charge in [-0.25, -0.2) is 4.98 Å². The lowest BCUT2D eigenvalue weighted by Crippen LogP contribution is -2.36. The van der Waals surface area contributed by atoms with Crippen molar-refractivity contribution in [3.05, 3.63) is 18.2 Å². The van der Waals surface area contributed by atoms with Crippen LogP contribution in [0.3, 0.4) is 0 Å². The minimum atomic E-state index is -0.0185. The van der Waals surface area contributed by atoms with Crippen molar-refractivity contribution in [3.63, 3.8) is 0 Å². The van der Waals surface area contributed by atoms with E-state index in [0.29, 0.717) is 13.1 Å². The van der Waals surface area contributed by atoms with Crippen molar-refractivity contribution in [2.24, 2.45) is 0 Å².